The SMILES string of the molecule is CCCC(CCO)CNC(=NCc1cc(Br)ccc1OC)NCC.I. The van der Waals surface area contributed by atoms with Crippen molar-refractivity contribution in [2.45, 2.75) is 39.7 Å². The average Bonchev–Trinajstić information content (AvgIpc) is 2.57. The van der Waals surface area contributed by atoms with Gasteiger partial charge in [-0.15, -0.1) is 24.0 Å². The van der Waals surface area contributed by atoms with Gasteiger partial charge in [0.25, 0.3) is 0 Å². The van der Waals surface area contributed by atoms with Crippen molar-refractivity contribution in [2.75, 3.05) is 26.8 Å². The Morgan fingerprint density at radius 1 is 1.28 bits per heavy atom. The first kappa shape index (κ1) is 24.5. The molecule has 0 fully saturated rings. The molecule has 0 spiro atoms. The molecule has 0 aliphatic heterocycles. The molecule has 1 unspecified atom stereocenters. The van der Waals surface area contributed by atoms with Crippen molar-refractivity contribution in [3.63, 3.8) is 0 Å². The van der Waals surface area contributed by atoms with Crippen molar-refractivity contribution in [1.82, 2.24) is 10.6 Å². The number of hydrogen-bond donors (Lipinski definition) is 3. The van der Waals surface area contributed by atoms with Gasteiger partial charge >= 0.3 is 0 Å². The van der Waals surface area contributed by atoms with Crippen molar-refractivity contribution in [1.29, 1.82) is 0 Å². The summed E-state index contributed by atoms with van der Waals surface area (Å²) in [5, 5.41) is 15.8. The van der Waals surface area contributed by atoms with Crippen molar-refractivity contribution < 1.29 is 9.84 Å². The molecule has 25 heavy (non-hydrogen) atoms. The largest absolute Gasteiger partial charge is 0.496 e. The first-order valence-corrected chi connectivity index (χ1v) is 9.39. The van der Waals surface area contributed by atoms with Gasteiger partial charge in [0.2, 0.25) is 0 Å². The van der Waals surface area contributed by atoms with Crippen molar-refractivity contribution in [3.05, 3.63) is 28.2 Å². The van der Waals surface area contributed by atoms with E-state index in [0.717, 1.165) is 54.1 Å². The Kier molecular flexibility index (Phi) is 14.3. The maximum absolute atomic E-state index is 9.18. The van der Waals surface area contributed by atoms with Gasteiger partial charge in [-0.3, -0.25) is 0 Å². The molecule has 1 atom stereocenters. The number of aliphatic hydroxyl groups is 1. The standard InChI is InChI=1S/C18H30BrN3O2.HI/c1-4-6-14(9-10-23)12-21-18(20-5-2)22-13-15-11-16(19)7-8-17(15)24-3;/h7-8,11,14,23H,4-6,9-10,12-13H2,1-3H3,(H2,20,21,22);1H. The molecule has 0 saturated heterocycles. The second kappa shape index (κ2) is 14.6. The van der Waals surface area contributed by atoms with Gasteiger partial charge in [-0.1, -0.05) is 29.3 Å². The van der Waals surface area contributed by atoms with Crippen LogP contribution < -0.4 is 15.4 Å². The van der Waals surface area contributed by atoms with Gasteiger partial charge in [-0.05, 0) is 43.9 Å². The van der Waals surface area contributed by atoms with E-state index in [-0.39, 0.29) is 30.6 Å². The minimum atomic E-state index is 0. The fourth-order valence-corrected chi connectivity index (χ4v) is 2.97. The number of nitrogens with one attached hydrogen (secondary N) is 2. The third-order valence-corrected chi connectivity index (χ3v) is 4.28. The number of methoxy groups -OCH3 is 1. The van der Waals surface area contributed by atoms with E-state index >= 15 is 0 Å². The fourth-order valence-electron chi connectivity index (χ4n) is 2.56. The monoisotopic (exact) mass is 527 g/mol. The second-order valence-electron chi connectivity index (χ2n) is 5.70. The lowest BCUT2D eigenvalue weighted by Crippen LogP contribution is -2.40. The third kappa shape index (κ3) is 9.65. The summed E-state index contributed by atoms with van der Waals surface area (Å²) >= 11 is 3.49. The first-order valence-electron chi connectivity index (χ1n) is 8.60. The molecule has 0 radical (unpaired) electrons. The van der Waals surface area contributed by atoms with E-state index in [1.807, 2.05) is 25.1 Å². The molecule has 1 aromatic rings. The van der Waals surface area contributed by atoms with Crippen LogP contribution in [0.15, 0.2) is 27.7 Å². The van der Waals surface area contributed by atoms with Crippen molar-refractivity contribution >= 4 is 45.9 Å². The summed E-state index contributed by atoms with van der Waals surface area (Å²) in [7, 11) is 1.67. The number of guanidine groups is 1. The smallest absolute Gasteiger partial charge is 0.191 e. The normalized spacial score (nSPS) is 12.3. The molecule has 0 saturated carbocycles. The molecule has 0 bridgehead atoms. The number of nitrogens with zero attached hydrogens (tertiary/aromatic N) is 1. The Balaban J connectivity index is 0.00000576. The van der Waals surface area contributed by atoms with Gasteiger partial charge < -0.3 is 20.5 Å². The van der Waals surface area contributed by atoms with Crippen LogP contribution in [0.25, 0.3) is 0 Å². The van der Waals surface area contributed by atoms with E-state index in [2.05, 4.69) is 38.5 Å². The van der Waals surface area contributed by atoms with E-state index in [4.69, 9.17) is 4.74 Å². The topological polar surface area (TPSA) is 65.9 Å². The van der Waals surface area contributed by atoms with E-state index in [0.29, 0.717) is 12.5 Å². The Morgan fingerprint density at radius 2 is 2.04 bits per heavy atom. The molecule has 0 aliphatic carbocycles. The van der Waals surface area contributed by atoms with Crippen LogP contribution >= 0.6 is 39.9 Å². The average molecular weight is 528 g/mol. The molecule has 144 valence electrons. The van der Waals surface area contributed by atoms with Gasteiger partial charge in [0, 0.05) is 29.7 Å². The summed E-state index contributed by atoms with van der Waals surface area (Å²) < 4.78 is 6.41. The highest BCUT2D eigenvalue weighted by molar-refractivity contribution is 14.0. The van der Waals surface area contributed by atoms with Crippen molar-refractivity contribution in [2.24, 2.45) is 10.9 Å². The zero-order valence-corrected chi connectivity index (χ0v) is 19.3. The number of ether oxygens (including phenoxy) is 1. The Bertz CT molecular complexity index is 509. The molecule has 0 aliphatic rings. The van der Waals surface area contributed by atoms with Crippen LogP contribution in [0.2, 0.25) is 0 Å². The van der Waals surface area contributed by atoms with Crippen LogP contribution in [0.1, 0.15) is 38.7 Å². The molecule has 0 amide bonds. The number of hydrogen-bond acceptors (Lipinski definition) is 3. The number of aliphatic hydroxyl groups excluding tert-OH is 1. The van der Waals surface area contributed by atoms with E-state index < -0.39 is 0 Å². The lowest BCUT2D eigenvalue weighted by atomic mass is 10.0. The Morgan fingerprint density at radius 3 is 2.64 bits per heavy atom. The number of benzene rings is 1. The maximum Gasteiger partial charge on any atom is 0.191 e. The maximum atomic E-state index is 9.18. The molecule has 0 heterocycles. The quantitative estimate of drug-likeness (QED) is 0.245. The Labute approximate surface area is 177 Å². The van der Waals surface area contributed by atoms with E-state index in [1.165, 1.54) is 0 Å². The zero-order chi connectivity index (χ0) is 17.8. The highest BCUT2D eigenvalue weighted by Crippen LogP contribution is 2.23. The van der Waals surface area contributed by atoms with Crippen LogP contribution in [0.4, 0.5) is 0 Å². The molecule has 0 aromatic heterocycles. The zero-order valence-electron chi connectivity index (χ0n) is 15.3. The summed E-state index contributed by atoms with van der Waals surface area (Å²) in [5.74, 6) is 2.09. The molecular formula is C18H31BrIN3O2. The van der Waals surface area contributed by atoms with Gasteiger partial charge in [0.05, 0.1) is 13.7 Å². The second-order valence-corrected chi connectivity index (χ2v) is 6.61. The third-order valence-electron chi connectivity index (χ3n) is 3.79. The van der Waals surface area contributed by atoms with Gasteiger partial charge in [-0.25, -0.2) is 4.99 Å². The highest BCUT2D eigenvalue weighted by atomic mass is 127. The first-order chi connectivity index (χ1) is 11.6. The number of rotatable bonds is 10. The summed E-state index contributed by atoms with van der Waals surface area (Å²) in [6, 6.07) is 5.92. The Hall–Kier alpha value is -0.540. The fraction of sp³-hybridized carbons (Fsp3) is 0.611. The van der Waals surface area contributed by atoms with Crippen LogP contribution in [-0.4, -0.2) is 37.9 Å². The number of aliphatic imine (C=N–C) groups is 1. The molecule has 5 nitrogen and oxygen atoms in total. The molecule has 1 rings (SSSR count). The summed E-state index contributed by atoms with van der Waals surface area (Å²) in [6.07, 6.45) is 3.04. The predicted molar refractivity (Wildman–Crippen MR) is 119 cm³/mol. The minimum Gasteiger partial charge on any atom is -0.496 e. The van der Waals surface area contributed by atoms with Crippen LogP contribution in [0, 0.1) is 5.92 Å². The van der Waals surface area contributed by atoms with Gasteiger partial charge in [0.15, 0.2) is 5.96 Å². The molecule has 1 aromatic carbocycles. The van der Waals surface area contributed by atoms with Gasteiger partial charge in [0.1, 0.15) is 5.75 Å². The summed E-state index contributed by atoms with van der Waals surface area (Å²) in [5.41, 5.74) is 1.03. The van der Waals surface area contributed by atoms with Gasteiger partial charge in [-0.2, -0.15) is 0 Å². The lowest BCUT2D eigenvalue weighted by Gasteiger charge is -2.18. The van der Waals surface area contributed by atoms with Crippen LogP contribution in [0.5, 0.6) is 5.75 Å². The summed E-state index contributed by atoms with van der Waals surface area (Å²) in [6.45, 7) is 6.61. The molecule has 3 N–H and O–H groups in total. The highest BCUT2D eigenvalue weighted by Gasteiger charge is 2.09. The van der Waals surface area contributed by atoms with E-state index in [9.17, 15) is 5.11 Å². The van der Waals surface area contributed by atoms with E-state index in [1.54, 1.807) is 7.11 Å². The number of halogens is 2. The summed E-state index contributed by atoms with van der Waals surface area (Å²) in [4.78, 5) is 4.66. The molecule has 7 heteroatoms. The minimum absolute atomic E-state index is 0. The lowest BCUT2D eigenvalue weighted by molar-refractivity contribution is 0.251. The molecular weight excluding hydrogens is 497 g/mol. The van der Waals surface area contributed by atoms with Crippen LogP contribution in [0.3, 0.4) is 0 Å². The predicted octanol–water partition coefficient (Wildman–Crippen LogP) is 3.93. The van der Waals surface area contributed by atoms with Crippen molar-refractivity contribution in [3.8, 4) is 5.75 Å². The van der Waals surface area contributed by atoms with Crippen LogP contribution in [-0.2, 0) is 6.54 Å².